The number of para-hydroxylation sites is 9. The van der Waals surface area contributed by atoms with Gasteiger partial charge in [-0.3, -0.25) is 4.72 Å². The van der Waals surface area contributed by atoms with Gasteiger partial charge in [-0.1, -0.05) is 170 Å². The fourth-order valence-electron chi connectivity index (χ4n) is 13.1. The van der Waals surface area contributed by atoms with Crippen LogP contribution in [0.25, 0.3) is 0 Å². The summed E-state index contributed by atoms with van der Waals surface area (Å²) in [5.41, 5.74) is 23.6. The summed E-state index contributed by atoms with van der Waals surface area (Å²) in [7, 11) is 0. The number of rotatable bonds is 9. The minimum atomic E-state index is -0.153. The van der Waals surface area contributed by atoms with Crippen molar-refractivity contribution < 1.29 is 12.4 Å². The Morgan fingerprint density at radius 1 is 0.296 bits per heavy atom. The van der Waals surface area contributed by atoms with Gasteiger partial charge in [-0.25, -0.2) is 0 Å². The summed E-state index contributed by atoms with van der Waals surface area (Å²) in [6.07, 6.45) is 0. The Balaban J connectivity index is 0.00000154. The Bertz CT molecular complexity index is 4260. The first-order chi connectivity index (χ1) is 41.7. The van der Waals surface area contributed by atoms with Gasteiger partial charge in [0.15, 0.2) is 0 Å². The zero-order chi connectivity index (χ0) is 56.7. The molecule has 0 aliphatic carbocycles. The van der Waals surface area contributed by atoms with Crippen molar-refractivity contribution in [1.29, 1.82) is 1.45 Å². The van der Waals surface area contributed by atoms with Crippen LogP contribution in [-0.2, 0) is 0 Å². The van der Waals surface area contributed by atoms with E-state index in [2.05, 4.69) is 323 Å². The molecule has 0 fully saturated rings. The molecule has 9 heteroatoms. The monoisotopic (exact) mass is 1050 g/mol. The second kappa shape index (κ2) is 19.4. The number of fused-ring (bicyclic) bond motifs is 8. The maximum absolute atomic E-state index is 8.75. The predicted molar refractivity (Wildman–Crippen MR) is 340 cm³/mol. The van der Waals surface area contributed by atoms with Gasteiger partial charge in [0.2, 0.25) is 0 Å². The molecule has 0 radical (unpaired) electrons. The summed E-state index contributed by atoms with van der Waals surface area (Å²) in [4.78, 5) is 12.3. The molecular formula is C72H52B2FN5O. The number of ether oxygens (including phenoxy) is 1. The Labute approximate surface area is 476 Å². The van der Waals surface area contributed by atoms with Crippen LogP contribution in [0.15, 0.2) is 297 Å². The van der Waals surface area contributed by atoms with Crippen molar-refractivity contribution in [3.8, 4) is 11.5 Å². The first kappa shape index (κ1) is 45.5. The van der Waals surface area contributed by atoms with Crippen LogP contribution >= 0.6 is 0 Å². The minimum absolute atomic E-state index is 0.138. The normalized spacial score (nSPS) is 13.0. The standard InChI is InChI=1S/C72H49B2N5O.FH.H2/c1-8-26-50(27-9-1)75(51-28-10-2-11-29-51)57-44-66-71-67(45-57)78(55-36-18-6-19-37-55)64-49-65-62(48-61(64)73(71)59-40-22-24-42-63(59)77(66)54-34-16-5-17-35-54)74-60-41-23-25-43-69(60)80-70-47-58(46-68(72(70)74)79(65)56-38-20-7-21-39-56)76(52-30-12-3-13-31-52)53-32-14-4-15-33-53;;/h1-49H;2*1H/i;;1+1D/hD. The highest BCUT2D eigenvalue weighted by Gasteiger charge is 2.48. The number of halogens is 1. The molecule has 0 atom stereocenters. The number of hydrogen-bond donors (Lipinski definition) is 0. The molecule has 4 aliphatic heterocycles. The van der Waals surface area contributed by atoms with E-state index in [0.717, 1.165) is 108 Å². The van der Waals surface area contributed by atoms with Crippen LogP contribution in [0.3, 0.4) is 0 Å². The predicted octanol–water partition coefficient (Wildman–Crippen LogP) is 15.5. The maximum Gasteiger partial charge on any atom is 0.269 e. The van der Waals surface area contributed by atoms with Gasteiger partial charge in [-0.15, -0.1) is 0 Å². The lowest BCUT2D eigenvalue weighted by Crippen LogP contribution is -2.64. The molecule has 0 amide bonds. The van der Waals surface area contributed by atoms with E-state index in [1.165, 1.54) is 21.9 Å². The molecule has 16 rings (SSSR count). The van der Waals surface area contributed by atoms with Gasteiger partial charge < -0.3 is 29.2 Å². The molecule has 0 saturated carbocycles. The second-order valence-corrected chi connectivity index (χ2v) is 20.8. The highest BCUT2D eigenvalue weighted by Crippen LogP contribution is 2.51. The van der Waals surface area contributed by atoms with Crippen molar-refractivity contribution in [3.63, 3.8) is 0 Å². The van der Waals surface area contributed by atoms with Crippen LogP contribution in [0.2, 0.25) is 0 Å². The summed E-state index contributed by atoms with van der Waals surface area (Å²) < 4.78 is 30.2. The van der Waals surface area contributed by atoms with E-state index in [1.54, 1.807) is 0 Å². The fourth-order valence-corrected chi connectivity index (χ4v) is 13.1. The average Bonchev–Trinajstić information content (AvgIpc) is 1.000. The van der Waals surface area contributed by atoms with Crippen molar-refractivity contribution >= 4 is 132 Å². The molecule has 4 heterocycles. The fraction of sp³-hybridized carbons (Fsp3) is 0. The van der Waals surface area contributed by atoms with Crippen molar-refractivity contribution in [2.75, 3.05) is 24.5 Å². The molecule has 384 valence electrons. The van der Waals surface area contributed by atoms with Crippen LogP contribution < -0.4 is 62.0 Å². The third kappa shape index (κ3) is 7.65. The summed E-state index contributed by atoms with van der Waals surface area (Å²) >= 11 is 0. The molecule has 0 unspecified atom stereocenters. The van der Waals surface area contributed by atoms with Crippen LogP contribution in [0.5, 0.6) is 11.5 Å². The number of benzene rings is 12. The SMILES string of the molecule is [2H]F.[2H][2H].c1ccc(N(c2ccccc2)c2cc3c4c(c2)N(c2ccccc2)c2cc5c(cc2B4c2ccccc2O3)B2c3ccccc3N(c3ccccc3)c3cc(N(c4ccccc4)c4ccccc4)cc(c32)N5c2ccccc2)cc1. The molecule has 0 spiro atoms. The molecule has 0 aromatic heterocycles. The third-order valence-corrected chi connectivity index (χ3v) is 16.4. The molecular weight excluding hydrogens is 991 g/mol. The van der Waals surface area contributed by atoms with Gasteiger partial charge in [0.05, 0.1) is 11.4 Å². The van der Waals surface area contributed by atoms with Crippen molar-refractivity contribution in [3.05, 3.63) is 297 Å². The van der Waals surface area contributed by atoms with E-state index in [9.17, 15) is 0 Å². The molecule has 81 heavy (non-hydrogen) atoms. The molecule has 0 N–H and O–H groups in total. The van der Waals surface area contributed by atoms with Gasteiger partial charge in [-0.2, -0.15) is 0 Å². The Morgan fingerprint density at radius 3 is 1.10 bits per heavy atom. The highest BCUT2D eigenvalue weighted by atomic mass is 19.0. The highest BCUT2D eigenvalue weighted by molar-refractivity contribution is 7.02. The summed E-state index contributed by atoms with van der Waals surface area (Å²) in [6, 6.07) is 108. The quantitative estimate of drug-likeness (QED) is 0.134. The Hall–Kier alpha value is -10.5. The average molecular weight is 1050 g/mol. The van der Waals surface area contributed by atoms with Gasteiger partial charge in [0.25, 0.3) is 14.9 Å². The first-order valence-corrected chi connectivity index (χ1v) is 27.5. The van der Waals surface area contributed by atoms with Gasteiger partial charge in [0, 0.05) is 83.0 Å². The summed E-state index contributed by atoms with van der Waals surface area (Å²) in [5.74, 6) is 1.71. The van der Waals surface area contributed by atoms with E-state index in [4.69, 9.17) is 12.4 Å². The van der Waals surface area contributed by atoms with Crippen LogP contribution in [0.1, 0.15) is 2.97 Å². The van der Waals surface area contributed by atoms with Gasteiger partial charge in [0.1, 0.15) is 11.5 Å². The lowest BCUT2D eigenvalue weighted by atomic mass is 9.30. The van der Waals surface area contributed by atoms with E-state index >= 15 is 0 Å². The number of hydrogen-bond acceptors (Lipinski definition) is 6. The van der Waals surface area contributed by atoms with Gasteiger partial charge >= 0.3 is 0 Å². The van der Waals surface area contributed by atoms with Crippen molar-refractivity contribution in [2.24, 2.45) is 0 Å². The van der Waals surface area contributed by atoms with E-state index in [0.29, 0.717) is 0 Å². The molecule has 0 saturated heterocycles. The first-order valence-electron chi connectivity index (χ1n) is 28.9. The Morgan fingerprint density at radius 2 is 0.642 bits per heavy atom. The number of anilines is 15. The lowest BCUT2D eigenvalue weighted by Gasteiger charge is -2.46. The largest absolute Gasteiger partial charge is 0.458 e. The lowest BCUT2D eigenvalue weighted by molar-refractivity contribution is 0.487. The van der Waals surface area contributed by atoms with Gasteiger partial charge in [-0.05, 0) is 154 Å². The molecule has 6 nitrogen and oxygen atoms in total. The maximum atomic E-state index is 8.75. The van der Waals surface area contributed by atoms with Crippen molar-refractivity contribution in [2.45, 2.75) is 0 Å². The van der Waals surface area contributed by atoms with Crippen LogP contribution in [0.4, 0.5) is 90.0 Å². The third-order valence-electron chi connectivity index (χ3n) is 16.4. The Kier molecular flexibility index (Phi) is 10.9. The van der Waals surface area contributed by atoms with E-state index < -0.39 is 0 Å². The summed E-state index contributed by atoms with van der Waals surface area (Å²) in [6.45, 7) is -0.291. The van der Waals surface area contributed by atoms with E-state index in [1.807, 2.05) is 0 Å². The molecule has 12 aromatic carbocycles. The minimum Gasteiger partial charge on any atom is -0.458 e. The molecule has 0 bridgehead atoms. The van der Waals surface area contributed by atoms with E-state index in [-0.39, 0.29) is 13.4 Å². The second-order valence-electron chi connectivity index (χ2n) is 20.8. The molecule has 4 aliphatic rings. The smallest absolute Gasteiger partial charge is 0.269 e. The van der Waals surface area contributed by atoms with Crippen LogP contribution in [0, 0.1) is 0 Å². The molecule has 12 aromatic rings. The topological polar surface area (TPSA) is 25.4 Å². The van der Waals surface area contributed by atoms with Crippen LogP contribution in [-0.4, -0.2) is 14.9 Å². The number of nitrogens with zero attached hydrogens (tertiary/aromatic N) is 5. The summed E-state index contributed by atoms with van der Waals surface area (Å²) in [5, 5.41) is 0. The zero-order valence-electron chi connectivity index (χ0n) is 47.0. The van der Waals surface area contributed by atoms with Crippen molar-refractivity contribution in [1.82, 2.24) is 0 Å². The zero-order valence-corrected chi connectivity index (χ0v) is 44.0.